The summed E-state index contributed by atoms with van der Waals surface area (Å²) in [5.41, 5.74) is 0.392. The summed E-state index contributed by atoms with van der Waals surface area (Å²) in [6, 6.07) is 5.30. The van der Waals surface area contributed by atoms with Gasteiger partial charge in [-0.05, 0) is 18.2 Å². The molecule has 0 bridgehead atoms. The normalized spacial score (nSPS) is 11.6. The molecular weight excluding hydrogens is 353 g/mol. The van der Waals surface area contributed by atoms with Crippen molar-refractivity contribution in [3.63, 3.8) is 0 Å². The first-order chi connectivity index (χ1) is 11.7. The maximum Gasteiger partial charge on any atom is 0.416 e. The Kier molecular flexibility index (Phi) is 4.13. The molecule has 3 aromatic rings. The first kappa shape index (κ1) is 16.8. The van der Waals surface area contributed by atoms with E-state index in [0.29, 0.717) is 0 Å². The summed E-state index contributed by atoms with van der Waals surface area (Å²) in [4.78, 5) is 18.7. The molecule has 0 aliphatic rings. The molecule has 3 rings (SSSR count). The van der Waals surface area contributed by atoms with Crippen molar-refractivity contribution in [1.29, 1.82) is 0 Å². The average molecular weight is 365 g/mol. The van der Waals surface area contributed by atoms with Crippen LogP contribution < -0.4 is 4.74 Å². The summed E-state index contributed by atoms with van der Waals surface area (Å²) in [5.74, 6) is -1.24. The molecule has 0 amide bonds. The van der Waals surface area contributed by atoms with Gasteiger partial charge in [0.1, 0.15) is 6.33 Å². The van der Waals surface area contributed by atoms with Gasteiger partial charge in [0.2, 0.25) is 5.88 Å². The molecule has 0 spiro atoms. The van der Waals surface area contributed by atoms with Gasteiger partial charge in [0.05, 0.1) is 17.0 Å². The summed E-state index contributed by atoms with van der Waals surface area (Å²) in [5, 5.41) is 9.11. The third-order valence-corrected chi connectivity index (χ3v) is 4.12. The Morgan fingerprint density at radius 3 is 2.76 bits per heavy atom. The molecular formula is C15H12FN3O5S. The number of halogens is 1. The van der Waals surface area contributed by atoms with E-state index in [4.69, 9.17) is 9.84 Å². The number of hydrogen-bond acceptors (Lipinski definition) is 6. The van der Waals surface area contributed by atoms with Crippen LogP contribution in [0.25, 0.3) is 10.9 Å². The number of benzene rings is 1. The number of hydrogen-bond donors (Lipinski definition) is 1. The molecule has 2 heterocycles. The van der Waals surface area contributed by atoms with Crippen LogP contribution in [0.1, 0.15) is 5.69 Å². The van der Waals surface area contributed by atoms with E-state index in [0.717, 1.165) is 17.2 Å². The third-order valence-electron chi connectivity index (χ3n) is 3.30. The molecule has 0 aliphatic heterocycles. The molecule has 0 unspecified atom stereocenters. The summed E-state index contributed by atoms with van der Waals surface area (Å²) < 4.78 is 43.4. The Morgan fingerprint density at radius 2 is 2.08 bits per heavy atom. The number of nitrogens with zero attached hydrogens (tertiary/aromatic N) is 3. The Morgan fingerprint density at radius 1 is 1.32 bits per heavy atom. The van der Waals surface area contributed by atoms with Gasteiger partial charge in [-0.2, -0.15) is 0 Å². The summed E-state index contributed by atoms with van der Waals surface area (Å²) in [6.07, 6.45) is 2.18. The number of rotatable bonds is 4. The molecule has 25 heavy (non-hydrogen) atoms. The van der Waals surface area contributed by atoms with Crippen molar-refractivity contribution in [2.24, 2.45) is 0 Å². The van der Waals surface area contributed by atoms with Crippen LogP contribution in [-0.2, 0) is 15.6 Å². The monoisotopic (exact) mass is 365 g/mol. The highest BCUT2D eigenvalue weighted by atomic mass is 32.2. The fourth-order valence-electron chi connectivity index (χ4n) is 2.30. The smallest absolute Gasteiger partial charge is 0.416 e. The zero-order valence-electron chi connectivity index (χ0n) is 12.9. The maximum absolute atomic E-state index is 14.5. The second kappa shape index (κ2) is 6.13. The third kappa shape index (κ3) is 3.58. The molecule has 130 valence electrons. The van der Waals surface area contributed by atoms with Crippen LogP contribution in [0.15, 0.2) is 36.8 Å². The van der Waals surface area contributed by atoms with Crippen LogP contribution in [0.3, 0.4) is 0 Å². The predicted molar refractivity (Wildman–Crippen MR) is 86.0 cm³/mol. The van der Waals surface area contributed by atoms with Crippen molar-refractivity contribution in [3.05, 3.63) is 48.3 Å². The van der Waals surface area contributed by atoms with Gasteiger partial charge in [-0.3, -0.25) is 4.57 Å². The number of aromatic nitrogens is 3. The molecule has 0 fully saturated rings. The van der Waals surface area contributed by atoms with Crippen molar-refractivity contribution in [2.75, 3.05) is 6.26 Å². The van der Waals surface area contributed by atoms with Gasteiger partial charge in [-0.25, -0.2) is 27.6 Å². The molecule has 2 aromatic heterocycles. The number of fused-ring (bicyclic) bond motifs is 1. The summed E-state index contributed by atoms with van der Waals surface area (Å²) >= 11 is 0. The largest absolute Gasteiger partial charge is 0.464 e. The molecule has 0 radical (unpaired) electrons. The first-order valence-corrected chi connectivity index (χ1v) is 9.00. The van der Waals surface area contributed by atoms with Crippen molar-refractivity contribution in [1.82, 2.24) is 14.5 Å². The van der Waals surface area contributed by atoms with E-state index in [9.17, 15) is 17.6 Å². The van der Waals surface area contributed by atoms with Gasteiger partial charge >= 0.3 is 6.09 Å². The highest BCUT2D eigenvalue weighted by Gasteiger charge is 2.16. The summed E-state index contributed by atoms with van der Waals surface area (Å²) in [7, 11) is -3.29. The van der Waals surface area contributed by atoms with Gasteiger partial charge in [0, 0.05) is 23.9 Å². The van der Waals surface area contributed by atoms with Gasteiger partial charge in [0.15, 0.2) is 21.4 Å². The second-order valence-electron chi connectivity index (χ2n) is 5.30. The van der Waals surface area contributed by atoms with E-state index in [2.05, 4.69) is 9.97 Å². The lowest BCUT2D eigenvalue weighted by Gasteiger charge is -2.08. The highest BCUT2D eigenvalue weighted by Crippen LogP contribution is 2.30. The molecule has 8 nitrogen and oxygen atoms in total. The molecule has 0 atom stereocenters. The average Bonchev–Trinajstić information content (AvgIpc) is 2.94. The van der Waals surface area contributed by atoms with Crippen LogP contribution in [-0.4, -0.2) is 40.4 Å². The quantitative estimate of drug-likeness (QED) is 0.756. The van der Waals surface area contributed by atoms with Crippen LogP contribution >= 0.6 is 0 Å². The minimum atomic E-state index is -3.29. The zero-order valence-corrected chi connectivity index (χ0v) is 13.7. The Labute approximate surface area is 141 Å². The number of sulfone groups is 1. The molecule has 10 heteroatoms. The van der Waals surface area contributed by atoms with E-state index < -0.39 is 21.7 Å². The number of carbonyl (C=O) groups is 1. The fourth-order valence-corrected chi connectivity index (χ4v) is 2.99. The van der Waals surface area contributed by atoms with Crippen LogP contribution in [0, 0.1) is 5.82 Å². The molecule has 0 saturated carbocycles. The lowest BCUT2D eigenvalue weighted by molar-refractivity contribution is 0.197. The maximum atomic E-state index is 14.5. The zero-order chi connectivity index (χ0) is 18.2. The van der Waals surface area contributed by atoms with Gasteiger partial charge in [0.25, 0.3) is 0 Å². The minimum absolute atomic E-state index is 0.0235. The number of carboxylic acid groups (broad SMARTS) is 1. The summed E-state index contributed by atoms with van der Waals surface area (Å²) in [6.45, 7) is 0. The van der Waals surface area contributed by atoms with Crippen LogP contribution in [0.2, 0.25) is 0 Å². The van der Waals surface area contributed by atoms with E-state index in [-0.39, 0.29) is 34.0 Å². The van der Waals surface area contributed by atoms with Crippen molar-refractivity contribution in [2.45, 2.75) is 5.75 Å². The Bertz CT molecular complexity index is 1080. The van der Waals surface area contributed by atoms with E-state index in [1.54, 1.807) is 0 Å². The SMILES string of the molecule is CS(=O)(=O)Cc1cc(Oc2ccc3c(ccn3C(=O)O)c2F)ncn1. The van der Waals surface area contributed by atoms with Crippen molar-refractivity contribution in [3.8, 4) is 11.6 Å². The van der Waals surface area contributed by atoms with Crippen LogP contribution in [0.4, 0.5) is 9.18 Å². The lowest BCUT2D eigenvalue weighted by atomic mass is 10.2. The van der Waals surface area contributed by atoms with E-state index in [1.165, 1.54) is 30.5 Å². The molecule has 1 aromatic carbocycles. The molecule has 1 N–H and O–H groups in total. The molecule has 0 aliphatic carbocycles. The Hall–Kier alpha value is -3.01. The van der Waals surface area contributed by atoms with Crippen molar-refractivity contribution < 1.29 is 27.4 Å². The Balaban J connectivity index is 1.95. The first-order valence-electron chi connectivity index (χ1n) is 6.94. The van der Waals surface area contributed by atoms with Gasteiger partial charge in [-0.1, -0.05) is 0 Å². The van der Waals surface area contributed by atoms with Crippen LogP contribution in [0.5, 0.6) is 11.6 Å². The highest BCUT2D eigenvalue weighted by molar-refractivity contribution is 7.89. The van der Waals surface area contributed by atoms with Crippen molar-refractivity contribution >= 4 is 26.8 Å². The molecule has 0 saturated heterocycles. The number of ether oxygens (including phenoxy) is 1. The minimum Gasteiger partial charge on any atom is -0.464 e. The van der Waals surface area contributed by atoms with E-state index in [1.807, 2.05) is 0 Å². The van der Waals surface area contributed by atoms with Gasteiger partial charge < -0.3 is 9.84 Å². The fraction of sp³-hybridized carbons (Fsp3) is 0.133. The van der Waals surface area contributed by atoms with Gasteiger partial charge in [-0.15, -0.1) is 0 Å². The topological polar surface area (TPSA) is 111 Å². The standard InChI is InChI=1S/C15H12FN3O5S/c1-25(22,23)7-9-6-13(18-8-17-9)24-12-3-2-11-10(14(12)16)4-5-19(11)15(20)21/h2-6,8H,7H2,1H3,(H,20,21). The second-order valence-corrected chi connectivity index (χ2v) is 7.44. The lowest BCUT2D eigenvalue weighted by Crippen LogP contribution is -2.05. The predicted octanol–water partition coefficient (Wildman–Crippen LogP) is 2.43. The van der Waals surface area contributed by atoms with E-state index >= 15 is 0 Å².